The first-order valence-corrected chi connectivity index (χ1v) is 9.35. The molecule has 0 aromatic heterocycles. The van der Waals surface area contributed by atoms with Crippen molar-refractivity contribution in [2.75, 3.05) is 32.8 Å². The second-order valence-electron chi connectivity index (χ2n) is 7.67. The molecule has 0 radical (unpaired) electrons. The van der Waals surface area contributed by atoms with Crippen LogP contribution in [-0.2, 0) is 16.1 Å². The summed E-state index contributed by atoms with van der Waals surface area (Å²) in [6.07, 6.45) is 2.16. The molecule has 1 saturated heterocycles. The van der Waals surface area contributed by atoms with Gasteiger partial charge in [-0.2, -0.15) is 0 Å². The Labute approximate surface area is 156 Å². The normalized spacial score (nSPS) is 14.3. The highest BCUT2D eigenvalue weighted by molar-refractivity contribution is 5.81. The van der Waals surface area contributed by atoms with Gasteiger partial charge in [-0.15, -0.1) is 0 Å². The van der Waals surface area contributed by atoms with Crippen LogP contribution in [0, 0.1) is 5.41 Å². The number of carbonyl (C=O) groups excluding carboxylic acids is 2. The Balaban J connectivity index is 1.74. The van der Waals surface area contributed by atoms with Crippen molar-refractivity contribution in [3.8, 4) is 5.75 Å². The molecule has 1 aromatic carbocycles. The van der Waals surface area contributed by atoms with E-state index in [1.165, 1.54) is 0 Å². The van der Waals surface area contributed by atoms with Gasteiger partial charge in [-0.3, -0.25) is 9.59 Å². The fourth-order valence-electron chi connectivity index (χ4n) is 2.74. The van der Waals surface area contributed by atoms with E-state index in [2.05, 4.69) is 10.6 Å². The van der Waals surface area contributed by atoms with E-state index in [4.69, 9.17) is 4.74 Å². The van der Waals surface area contributed by atoms with E-state index in [1.54, 1.807) is 0 Å². The van der Waals surface area contributed by atoms with Crippen LogP contribution in [0.1, 0.15) is 39.2 Å². The zero-order valence-corrected chi connectivity index (χ0v) is 16.1. The zero-order valence-electron chi connectivity index (χ0n) is 16.1. The van der Waals surface area contributed by atoms with Crippen molar-refractivity contribution in [3.05, 3.63) is 29.8 Å². The minimum absolute atomic E-state index is 0.0449. The number of ether oxygens (including phenoxy) is 1. The van der Waals surface area contributed by atoms with E-state index < -0.39 is 0 Å². The molecule has 144 valence electrons. The number of benzene rings is 1. The smallest absolute Gasteiger partial charge is 0.260 e. The van der Waals surface area contributed by atoms with Gasteiger partial charge in [0.2, 0.25) is 5.91 Å². The Bertz CT molecular complexity index is 605. The number of amides is 2. The Morgan fingerprint density at radius 3 is 2.50 bits per heavy atom. The van der Waals surface area contributed by atoms with Crippen LogP contribution in [0.4, 0.5) is 0 Å². The van der Waals surface area contributed by atoms with Crippen molar-refractivity contribution in [1.29, 1.82) is 0 Å². The molecule has 6 nitrogen and oxygen atoms in total. The highest BCUT2D eigenvalue weighted by Gasteiger charge is 2.20. The Morgan fingerprint density at radius 2 is 1.81 bits per heavy atom. The molecule has 1 heterocycles. The topological polar surface area (TPSA) is 70.7 Å². The number of carbonyl (C=O) groups is 2. The summed E-state index contributed by atoms with van der Waals surface area (Å²) < 4.78 is 5.75. The van der Waals surface area contributed by atoms with Crippen molar-refractivity contribution in [2.45, 2.75) is 40.2 Å². The molecule has 1 aromatic rings. The standard InChI is InChI=1S/C20H31N3O3/c1-20(2,3)19(25)22-11-10-21-14-16-8-4-5-9-17(16)26-15-18(24)23-12-6-7-13-23/h4-5,8-9,21H,6-7,10-15H2,1-3H3,(H,22,25). The van der Waals surface area contributed by atoms with Gasteiger partial charge in [0.25, 0.3) is 5.91 Å². The van der Waals surface area contributed by atoms with Crippen LogP contribution in [0.15, 0.2) is 24.3 Å². The van der Waals surface area contributed by atoms with Crippen molar-refractivity contribution < 1.29 is 14.3 Å². The van der Waals surface area contributed by atoms with Gasteiger partial charge in [0.15, 0.2) is 6.61 Å². The first-order valence-electron chi connectivity index (χ1n) is 9.35. The van der Waals surface area contributed by atoms with Gasteiger partial charge in [0, 0.05) is 43.7 Å². The zero-order chi connectivity index (χ0) is 19.0. The third-order valence-electron chi connectivity index (χ3n) is 4.37. The van der Waals surface area contributed by atoms with Gasteiger partial charge in [-0.25, -0.2) is 0 Å². The molecule has 0 bridgehead atoms. The molecular formula is C20H31N3O3. The van der Waals surface area contributed by atoms with Crippen LogP contribution in [-0.4, -0.2) is 49.5 Å². The lowest BCUT2D eigenvalue weighted by Gasteiger charge is -2.18. The Kier molecular flexibility index (Phi) is 7.45. The first kappa shape index (κ1) is 20.2. The van der Waals surface area contributed by atoms with E-state index in [-0.39, 0.29) is 23.8 Å². The van der Waals surface area contributed by atoms with Crippen molar-refractivity contribution >= 4 is 11.8 Å². The number of hydrogen-bond donors (Lipinski definition) is 2. The minimum Gasteiger partial charge on any atom is -0.483 e. The number of hydrogen-bond acceptors (Lipinski definition) is 4. The number of likely N-dealkylation sites (tertiary alicyclic amines) is 1. The van der Waals surface area contributed by atoms with Crippen molar-refractivity contribution in [2.24, 2.45) is 5.41 Å². The van der Waals surface area contributed by atoms with Gasteiger partial charge in [-0.1, -0.05) is 39.0 Å². The van der Waals surface area contributed by atoms with Crippen LogP contribution in [0.2, 0.25) is 0 Å². The van der Waals surface area contributed by atoms with Gasteiger partial charge >= 0.3 is 0 Å². The maximum atomic E-state index is 12.1. The highest BCUT2D eigenvalue weighted by Crippen LogP contribution is 2.18. The number of rotatable bonds is 8. The van der Waals surface area contributed by atoms with E-state index in [0.717, 1.165) is 37.2 Å². The Morgan fingerprint density at radius 1 is 1.12 bits per heavy atom. The van der Waals surface area contributed by atoms with E-state index in [9.17, 15) is 9.59 Å². The SMILES string of the molecule is CC(C)(C)C(=O)NCCNCc1ccccc1OCC(=O)N1CCCC1. The summed E-state index contributed by atoms with van der Waals surface area (Å²) in [6.45, 7) is 9.32. The molecule has 1 fully saturated rings. The maximum Gasteiger partial charge on any atom is 0.260 e. The van der Waals surface area contributed by atoms with E-state index in [1.807, 2.05) is 49.9 Å². The molecule has 1 aliphatic rings. The van der Waals surface area contributed by atoms with Crippen LogP contribution < -0.4 is 15.4 Å². The molecule has 2 amide bonds. The Hall–Kier alpha value is -2.08. The van der Waals surface area contributed by atoms with Crippen LogP contribution in [0.25, 0.3) is 0 Å². The monoisotopic (exact) mass is 361 g/mol. The molecule has 2 N–H and O–H groups in total. The molecule has 0 atom stereocenters. The van der Waals surface area contributed by atoms with Gasteiger partial charge < -0.3 is 20.3 Å². The molecule has 0 aliphatic carbocycles. The lowest BCUT2D eigenvalue weighted by Crippen LogP contribution is -2.38. The predicted octanol–water partition coefficient (Wildman–Crippen LogP) is 1.94. The maximum absolute atomic E-state index is 12.1. The lowest BCUT2D eigenvalue weighted by molar-refractivity contribution is -0.132. The van der Waals surface area contributed by atoms with Crippen molar-refractivity contribution in [3.63, 3.8) is 0 Å². The number of nitrogens with one attached hydrogen (secondary N) is 2. The van der Waals surface area contributed by atoms with E-state index in [0.29, 0.717) is 19.6 Å². The summed E-state index contributed by atoms with van der Waals surface area (Å²) in [5.74, 6) is 0.824. The largest absolute Gasteiger partial charge is 0.483 e. The summed E-state index contributed by atoms with van der Waals surface area (Å²) in [5.41, 5.74) is 0.631. The number of nitrogens with zero attached hydrogens (tertiary/aromatic N) is 1. The first-order chi connectivity index (χ1) is 12.4. The summed E-state index contributed by atoms with van der Waals surface area (Å²) in [6, 6.07) is 7.72. The summed E-state index contributed by atoms with van der Waals surface area (Å²) in [5, 5.41) is 6.21. The van der Waals surface area contributed by atoms with Crippen LogP contribution >= 0.6 is 0 Å². The molecule has 6 heteroatoms. The number of para-hydroxylation sites is 1. The fourth-order valence-corrected chi connectivity index (χ4v) is 2.74. The van der Waals surface area contributed by atoms with Gasteiger partial charge in [-0.05, 0) is 18.9 Å². The fraction of sp³-hybridized carbons (Fsp3) is 0.600. The molecule has 26 heavy (non-hydrogen) atoms. The predicted molar refractivity (Wildman–Crippen MR) is 102 cm³/mol. The average Bonchev–Trinajstić information content (AvgIpc) is 3.14. The molecule has 2 rings (SSSR count). The average molecular weight is 361 g/mol. The summed E-state index contributed by atoms with van der Waals surface area (Å²) >= 11 is 0. The second kappa shape index (κ2) is 9.57. The minimum atomic E-state index is -0.373. The van der Waals surface area contributed by atoms with E-state index >= 15 is 0 Å². The van der Waals surface area contributed by atoms with Gasteiger partial charge in [0.1, 0.15) is 5.75 Å². The summed E-state index contributed by atoms with van der Waals surface area (Å²) in [7, 11) is 0. The lowest BCUT2D eigenvalue weighted by atomic mass is 9.96. The van der Waals surface area contributed by atoms with Crippen LogP contribution in [0.5, 0.6) is 5.75 Å². The molecule has 0 unspecified atom stereocenters. The van der Waals surface area contributed by atoms with Crippen molar-refractivity contribution in [1.82, 2.24) is 15.5 Å². The quantitative estimate of drug-likeness (QED) is 0.694. The van der Waals surface area contributed by atoms with Crippen LogP contribution in [0.3, 0.4) is 0 Å². The molecule has 0 spiro atoms. The third kappa shape index (κ3) is 6.33. The summed E-state index contributed by atoms with van der Waals surface area (Å²) in [4.78, 5) is 25.8. The van der Waals surface area contributed by atoms with Gasteiger partial charge in [0.05, 0.1) is 0 Å². The molecule has 1 aliphatic heterocycles. The second-order valence-corrected chi connectivity index (χ2v) is 7.67. The third-order valence-corrected chi connectivity index (χ3v) is 4.37. The molecular weight excluding hydrogens is 330 g/mol. The highest BCUT2D eigenvalue weighted by atomic mass is 16.5. The molecule has 0 saturated carbocycles.